The predicted molar refractivity (Wildman–Crippen MR) is 91.3 cm³/mol. The number of carboxylic acids is 1. The van der Waals surface area contributed by atoms with Gasteiger partial charge >= 0.3 is 12.1 Å². The number of carbonyl (C=O) groups excluding carboxylic acids is 1. The number of hydrogen-bond acceptors (Lipinski definition) is 3. The maximum atomic E-state index is 12.9. The number of amides is 1. The van der Waals surface area contributed by atoms with E-state index in [2.05, 4.69) is 4.90 Å². The zero-order valence-corrected chi connectivity index (χ0v) is 16.0. The van der Waals surface area contributed by atoms with Crippen LogP contribution in [0, 0.1) is 5.92 Å². The highest BCUT2D eigenvalue weighted by atomic mass is 19.4. The van der Waals surface area contributed by atoms with Crippen LogP contribution in [0.4, 0.5) is 26.3 Å². The molecule has 3 aliphatic rings. The number of hydrogen-bond donors (Lipinski definition) is 1. The van der Waals surface area contributed by atoms with Gasteiger partial charge in [-0.2, -0.15) is 13.2 Å². The lowest BCUT2D eigenvalue weighted by Gasteiger charge is -2.39. The van der Waals surface area contributed by atoms with Crippen molar-refractivity contribution in [1.82, 2.24) is 9.80 Å². The molecule has 0 aromatic heterocycles. The van der Waals surface area contributed by atoms with Gasteiger partial charge in [0.2, 0.25) is 11.8 Å². The van der Waals surface area contributed by atoms with Crippen molar-refractivity contribution in [2.24, 2.45) is 5.92 Å². The van der Waals surface area contributed by atoms with Gasteiger partial charge in [0, 0.05) is 44.4 Å². The summed E-state index contributed by atoms with van der Waals surface area (Å²) in [6.07, 6.45) is -0.991. The van der Waals surface area contributed by atoms with E-state index in [9.17, 15) is 31.1 Å². The highest BCUT2D eigenvalue weighted by Gasteiger charge is 2.48. The van der Waals surface area contributed by atoms with E-state index in [1.165, 1.54) is 0 Å². The van der Waals surface area contributed by atoms with E-state index in [0.717, 1.165) is 45.3 Å². The molecule has 0 bridgehead atoms. The van der Waals surface area contributed by atoms with Crippen molar-refractivity contribution in [3.05, 3.63) is 0 Å². The van der Waals surface area contributed by atoms with Gasteiger partial charge in [-0.25, -0.2) is 18.0 Å². The SMILES string of the molecule is O=C(O)C(F)(F)F.O=C1CCC2(CCCN(CC3CC(F)(F)C3)CC2)N1CCF. The molecule has 2 aliphatic heterocycles. The molecule has 11 heteroatoms. The number of alkyl halides is 6. The summed E-state index contributed by atoms with van der Waals surface area (Å²) in [4.78, 5) is 24.9. The minimum absolute atomic E-state index is 0.0150. The summed E-state index contributed by atoms with van der Waals surface area (Å²) < 4.78 is 70.4. The van der Waals surface area contributed by atoms with Crippen molar-refractivity contribution < 1.29 is 41.0 Å². The number of aliphatic carboxylic acids is 1. The summed E-state index contributed by atoms with van der Waals surface area (Å²) in [5.74, 6) is -5.03. The van der Waals surface area contributed by atoms with E-state index in [0.29, 0.717) is 6.42 Å². The first-order chi connectivity index (χ1) is 13.4. The fraction of sp³-hybridized carbons (Fsp3) is 0.889. The second-order valence-corrected chi connectivity index (χ2v) is 8.05. The summed E-state index contributed by atoms with van der Waals surface area (Å²) in [5, 5.41) is 7.12. The molecule has 1 amide bonds. The zero-order valence-electron chi connectivity index (χ0n) is 16.0. The number of nitrogens with zero attached hydrogens (tertiary/aromatic N) is 2. The Morgan fingerprint density at radius 3 is 2.28 bits per heavy atom. The molecule has 1 aliphatic carbocycles. The fourth-order valence-electron chi connectivity index (χ4n) is 4.54. The van der Waals surface area contributed by atoms with Crippen LogP contribution in [0.25, 0.3) is 0 Å². The number of likely N-dealkylation sites (tertiary alicyclic amines) is 2. The smallest absolute Gasteiger partial charge is 0.475 e. The van der Waals surface area contributed by atoms with Gasteiger partial charge in [-0.05, 0) is 38.1 Å². The number of halogens is 6. The second-order valence-electron chi connectivity index (χ2n) is 8.05. The molecule has 0 aromatic carbocycles. The van der Waals surface area contributed by atoms with E-state index in [1.807, 2.05) is 0 Å². The van der Waals surface area contributed by atoms with Gasteiger partial charge in [-0.1, -0.05) is 0 Å². The Labute approximate surface area is 165 Å². The lowest BCUT2D eigenvalue weighted by atomic mass is 9.81. The van der Waals surface area contributed by atoms with Crippen LogP contribution in [0.2, 0.25) is 0 Å². The van der Waals surface area contributed by atoms with Gasteiger partial charge in [0.05, 0.1) is 0 Å². The molecule has 1 atom stereocenters. The maximum absolute atomic E-state index is 12.9. The third-order valence-corrected chi connectivity index (χ3v) is 5.93. The highest BCUT2D eigenvalue weighted by molar-refractivity contribution is 5.79. The van der Waals surface area contributed by atoms with Crippen LogP contribution >= 0.6 is 0 Å². The van der Waals surface area contributed by atoms with E-state index in [1.54, 1.807) is 4.90 Å². The summed E-state index contributed by atoms with van der Waals surface area (Å²) in [5.41, 5.74) is -0.179. The molecule has 0 aromatic rings. The van der Waals surface area contributed by atoms with E-state index >= 15 is 0 Å². The summed E-state index contributed by atoms with van der Waals surface area (Å²) in [6, 6.07) is 0. The van der Waals surface area contributed by atoms with Crippen LogP contribution in [0.3, 0.4) is 0 Å². The van der Waals surface area contributed by atoms with Crippen LogP contribution in [0.15, 0.2) is 0 Å². The van der Waals surface area contributed by atoms with Gasteiger partial charge in [0.1, 0.15) is 6.67 Å². The molecule has 3 fully saturated rings. The minimum atomic E-state index is -5.08. The molecule has 1 unspecified atom stereocenters. The lowest BCUT2D eigenvalue weighted by molar-refractivity contribution is -0.192. The van der Waals surface area contributed by atoms with Crippen molar-refractivity contribution in [2.75, 3.05) is 32.9 Å². The topological polar surface area (TPSA) is 60.9 Å². The Morgan fingerprint density at radius 1 is 1.14 bits per heavy atom. The largest absolute Gasteiger partial charge is 0.490 e. The van der Waals surface area contributed by atoms with Crippen LogP contribution in [-0.2, 0) is 9.59 Å². The monoisotopic (exact) mass is 432 g/mol. The Morgan fingerprint density at radius 2 is 1.76 bits per heavy atom. The average Bonchev–Trinajstić information content (AvgIpc) is 2.76. The number of carboxylic acid groups (broad SMARTS) is 1. The Hall–Kier alpha value is -1.52. The van der Waals surface area contributed by atoms with Crippen LogP contribution in [-0.4, -0.2) is 77.3 Å². The van der Waals surface area contributed by atoms with E-state index < -0.39 is 24.7 Å². The molecule has 29 heavy (non-hydrogen) atoms. The third-order valence-electron chi connectivity index (χ3n) is 5.93. The highest BCUT2D eigenvalue weighted by Crippen LogP contribution is 2.44. The first kappa shape index (κ1) is 23.8. The van der Waals surface area contributed by atoms with Gasteiger partial charge in [-0.15, -0.1) is 0 Å². The van der Waals surface area contributed by atoms with Crippen molar-refractivity contribution in [2.45, 2.75) is 62.6 Å². The normalized spacial score (nSPS) is 27.9. The van der Waals surface area contributed by atoms with Crippen LogP contribution in [0.1, 0.15) is 44.9 Å². The molecule has 3 rings (SSSR count). The van der Waals surface area contributed by atoms with Gasteiger partial charge in [0.15, 0.2) is 0 Å². The molecule has 1 spiro atoms. The second kappa shape index (κ2) is 9.09. The molecule has 1 N–H and O–H groups in total. The Bertz CT molecular complexity index is 593. The van der Waals surface area contributed by atoms with E-state index in [-0.39, 0.29) is 36.8 Å². The molecule has 1 saturated carbocycles. The minimum Gasteiger partial charge on any atom is -0.475 e. The molecular formula is C18H26F6N2O3. The summed E-state index contributed by atoms with van der Waals surface area (Å²) in [7, 11) is 0. The number of rotatable bonds is 4. The Kier molecular flexibility index (Phi) is 7.45. The summed E-state index contributed by atoms with van der Waals surface area (Å²) in [6.45, 7) is 2.18. The average molecular weight is 432 g/mol. The van der Waals surface area contributed by atoms with E-state index in [4.69, 9.17) is 9.90 Å². The quantitative estimate of drug-likeness (QED) is 0.691. The summed E-state index contributed by atoms with van der Waals surface area (Å²) >= 11 is 0. The Balaban J connectivity index is 0.000000370. The van der Waals surface area contributed by atoms with Crippen LogP contribution in [0.5, 0.6) is 0 Å². The van der Waals surface area contributed by atoms with Crippen molar-refractivity contribution in [1.29, 1.82) is 0 Å². The van der Waals surface area contributed by atoms with Crippen molar-refractivity contribution in [3.63, 3.8) is 0 Å². The molecule has 168 valence electrons. The van der Waals surface area contributed by atoms with Gasteiger partial charge in [0.25, 0.3) is 0 Å². The zero-order chi connectivity index (χ0) is 21.9. The van der Waals surface area contributed by atoms with Crippen LogP contribution < -0.4 is 0 Å². The third kappa shape index (κ3) is 6.23. The maximum Gasteiger partial charge on any atom is 0.490 e. The first-order valence-electron chi connectivity index (χ1n) is 9.65. The first-order valence-corrected chi connectivity index (χ1v) is 9.65. The molecule has 2 heterocycles. The van der Waals surface area contributed by atoms with Gasteiger partial charge < -0.3 is 14.9 Å². The number of carbonyl (C=O) groups is 2. The predicted octanol–water partition coefficient (Wildman–Crippen LogP) is 3.48. The molecule has 2 saturated heterocycles. The fourth-order valence-corrected chi connectivity index (χ4v) is 4.54. The van der Waals surface area contributed by atoms with Crippen molar-refractivity contribution in [3.8, 4) is 0 Å². The van der Waals surface area contributed by atoms with Crippen molar-refractivity contribution >= 4 is 11.9 Å². The standard InChI is InChI=1S/C16H25F3N2O.C2HF3O2/c17-6-9-21-14(22)2-4-15(21)3-1-7-20(8-5-15)12-13-10-16(18,19)11-13;3-2(4,5)1(6)7/h13H,1-12H2;(H,6,7). The van der Waals surface area contributed by atoms with Gasteiger partial charge in [-0.3, -0.25) is 4.79 Å². The molecule has 0 radical (unpaired) electrons. The molecular weight excluding hydrogens is 406 g/mol. The lowest BCUT2D eigenvalue weighted by Crippen LogP contribution is -2.47. The molecule has 5 nitrogen and oxygen atoms in total.